The zero-order chi connectivity index (χ0) is 22.0. The van der Waals surface area contributed by atoms with Gasteiger partial charge in [-0.15, -0.1) is 11.8 Å². The van der Waals surface area contributed by atoms with Crippen LogP contribution in [0, 0.1) is 11.6 Å². The van der Waals surface area contributed by atoms with Crippen molar-refractivity contribution in [2.24, 2.45) is 0 Å². The van der Waals surface area contributed by atoms with Crippen molar-refractivity contribution in [3.05, 3.63) is 89.5 Å². The SMILES string of the molecule is O=C(NC1CCSc2c(F)cccc21)c1ccc(S(=O)(=O)Nc2ccccc2F)cc1. The van der Waals surface area contributed by atoms with E-state index in [4.69, 9.17) is 0 Å². The van der Waals surface area contributed by atoms with E-state index in [1.54, 1.807) is 12.1 Å². The monoisotopic (exact) mass is 460 g/mol. The number of nitrogens with one attached hydrogen (secondary N) is 2. The molecule has 0 saturated carbocycles. The first-order valence-corrected chi connectivity index (χ1v) is 11.9. The van der Waals surface area contributed by atoms with Gasteiger partial charge in [-0.05, 0) is 54.4 Å². The minimum atomic E-state index is -4.02. The van der Waals surface area contributed by atoms with Gasteiger partial charge in [0, 0.05) is 16.2 Å². The van der Waals surface area contributed by atoms with Crippen LogP contribution in [0.25, 0.3) is 0 Å². The highest BCUT2D eigenvalue weighted by Gasteiger charge is 2.25. The number of fused-ring (bicyclic) bond motifs is 1. The molecule has 3 aromatic carbocycles. The fourth-order valence-corrected chi connectivity index (χ4v) is 5.52. The number of carbonyl (C=O) groups is 1. The maximum Gasteiger partial charge on any atom is 0.261 e. The molecule has 160 valence electrons. The number of benzene rings is 3. The van der Waals surface area contributed by atoms with E-state index in [1.807, 2.05) is 0 Å². The lowest BCUT2D eigenvalue weighted by Crippen LogP contribution is -2.30. The number of hydrogen-bond acceptors (Lipinski definition) is 4. The summed E-state index contributed by atoms with van der Waals surface area (Å²) in [5, 5.41) is 2.89. The van der Waals surface area contributed by atoms with Crippen molar-refractivity contribution in [1.82, 2.24) is 5.32 Å². The van der Waals surface area contributed by atoms with E-state index in [9.17, 15) is 22.0 Å². The third kappa shape index (κ3) is 4.57. The average Bonchev–Trinajstić information content (AvgIpc) is 2.76. The van der Waals surface area contributed by atoms with Gasteiger partial charge in [0.05, 0.1) is 16.6 Å². The molecule has 4 rings (SSSR count). The van der Waals surface area contributed by atoms with Crippen LogP contribution >= 0.6 is 11.8 Å². The van der Waals surface area contributed by atoms with E-state index in [0.29, 0.717) is 17.1 Å². The Morgan fingerprint density at radius 2 is 1.65 bits per heavy atom. The molecule has 3 aromatic rings. The molecule has 0 spiro atoms. The molecule has 0 bridgehead atoms. The van der Waals surface area contributed by atoms with E-state index in [1.165, 1.54) is 60.3 Å². The van der Waals surface area contributed by atoms with Gasteiger partial charge in [0.2, 0.25) is 0 Å². The minimum Gasteiger partial charge on any atom is -0.345 e. The third-order valence-electron chi connectivity index (χ3n) is 4.88. The molecule has 1 unspecified atom stereocenters. The van der Waals surface area contributed by atoms with Gasteiger partial charge in [0.15, 0.2) is 0 Å². The van der Waals surface area contributed by atoms with Crippen molar-refractivity contribution in [2.45, 2.75) is 22.3 Å². The number of thioether (sulfide) groups is 1. The largest absolute Gasteiger partial charge is 0.345 e. The predicted molar refractivity (Wildman–Crippen MR) is 116 cm³/mol. The van der Waals surface area contributed by atoms with Crippen LogP contribution in [0.15, 0.2) is 76.5 Å². The fourth-order valence-electron chi connectivity index (χ4n) is 3.31. The van der Waals surface area contributed by atoms with Gasteiger partial charge in [-0.2, -0.15) is 0 Å². The maximum absolute atomic E-state index is 14.0. The molecule has 31 heavy (non-hydrogen) atoms. The summed E-state index contributed by atoms with van der Waals surface area (Å²) >= 11 is 1.42. The molecule has 9 heteroatoms. The second-order valence-corrected chi connectivity index (χ2v) is 9.72. The Hall–Kier alpha value is -2.91. The molecular weight excluding hydrogens is 442 g/mol. The molecule has 0 aromatic heterocycles. The zero-order valence-electron chi connectivity index (χ0n) is 16.1. The van der Waals surface area contributed by atoms with Gasteiger partial charge in [0.25, 0.3) is 15.9 Å². The Kier molecular flexibility index (Phi) is 5.97. The van der Waals surface area contributed by atoms with Gasteiger partial charge in [-0.25, -0.2) is 17.2 Å². The molecule has 1 atom stereocenters. The van der Waals surface area contributed by atoms with Crippen LogP contribution in [0.3, 0.4) is 0 Å². The zero-order valence-corrected chi connectivity index (χ0v) is 17.8. The number of anilines is 1. The summed E-state index contributed by atoms with van der Waals surface area (Å²) in [6, 6.07) is 15.2. The van der Waals surface area contributed by atoms with E-state index in [2.05, 4.69) is 10.0 Å². The second-order valence-electron chi connectivity index (χ2n) is 6.93. The van der Waals surface area contributed by atoms with Crippen LogP contribution in [0.5, 0.6) is 0 Å². The minimum absolute atomic E-state index is 0.103. The quantitative estimate of drug-likeness (QED) is 0.577. The summed E-state index contributed by atoms with van der Waals surface area (Å²) in [5.41, 5.74) is 0.837. The highest BCUT2D eigenvalue weighted by molar-refractivity contribution is 7.99. The lowest BCUT2D eigenvalue weighted by atomic mass is 10.0. The van der Waals surface area contributed by atoms with Gasteiger partial charge in [-0.1, -0.05) is 24.3 Å². The van der Waals surface area contributed by atoms with Crippen molar-refractivity contribution < 1.29 is 22.0 Å². The Morgan fingerprint density at radius 1 is 0.935 bits per heavy atom. The number of carbonyl (C=O) groups excluding carboxylic acids is 1. The first-order chi connectivity index (χ1) is 14.8. The molecule has 1 heterocycles. The first kappa shape index (κ1) is 21.3. The van der Waals surface area contributed by atoms with Gasteiger partial charge in [0.1, 0.15) is 11.6 Å². The van der Waals surface area contributed by atoms with Crippen LogP contribution in [-0.4, -0.2) is 20.1 Å². The fraction of sp³-hybridized carbons (Fsp3) is 0.136. The van der Waals surface area contributed by atoms with Crippen molar-refractivity contribution in [3.8, 4) is 0 Å². The number of amides is 1. The molecule has 1 aliphatic heterocycles. The van der Waals surface area contributed by atoms with Gasteiger partial charge in [-0.3, -0.25) is 9.52 Å². The Morgan fingerprint density at radius 3 is 2.39 bits per heavy atom. The van der Waals surface area contributed by atoms with Crippen molar-refractivity contribution in [1.29, 1.82) is 0 Å². The summed E-state index contributed by atoms with van der Waals surface area (Å²) in [5.74, 6) is -0.710. The summed E-state index contributed by atoms with van der Waals surface area (Å²) in [6.45, 7) is 0. The average molecular weight is 461 g/mol. The highest BCUT2D eigenvalue weighted by Crippen LogP contribution is 2.37. The van der Waals surface area contributed by atoms with Crippen LogP contribution < -0.4 is 10.0 Å². The van der Waals surface area contributed by atoms with Gasteiger partial charge >= 0.3 is 0 Å². The molecule has 0 saturated heterocycles. The van der Waals surface area contributed by atoms with Crippen molar-refractivity contribution >= 4 is 33.4 Å². The smallest absolute Gasteiger partial charge is 0.261 e. The number of halogens is 2. The lowest BCUT2D eigenvalue weighted by Gasteiger charge is -2.26. The summed E-state index contributed by atoms with van der Waals surface area (Å²) in [4.78, 5) is 13.1. The van der Waals surface area contributed by atoms with Crippen LogP contribution in [0.1, 0.15) is 28.4 Å². The highest BCUT2D eigenvalue weighted by atomic mass is 32.2. The molecule has 0 radical (unpaired) electrons. The van der Waals surface area contributed by atoms with E-state index in [0.717, 1.165) is 11.6 Å². The van der Waals surface area contributed by atoms with E-state index in [-0.39, 0.29) is 28.0 Å². The molecule has 2 N–H and O–H groups in total. The standard InChI is InChI=1S/C22H18F2N2O3S2/c23-17-5-1-2-7-20(17)26-31(28,29)15-10-8-14(9-11-15)22(27)25-19-12-13-30-21-16(19)4-3-6-18(21)24/h1-11,19,26H,12-13H2,(H,25,27). The van der Waals surface area contributed by atoms with E-state index >= 15 is 0 Å². The molecule has 1 aliphatic rings. The third-order valence-corrected chi connectivity index (χ3v) is 7.42. The van der Waals surface area contributed by atoms with Crippen LogP contribution in [-0.2, 0) is 10.0 Å². The topological polar surface area (TPSA) is 75.3 Å². The second kappa shape index (κ2) is 8.68. The summed E-state index contributed by atoms with van der Waals surface area (Å²) < 4.78 is 55.0. The maximum atomic E-state index is 14.0. The predicted octanol–water partition coefficient (Wildman–Crippen LogP) is 4.73. The van der Waals surface area contributed by atoms with Crippen LogP contribution in [0.2, 0.25) is 0 Å². The lowest BCUT2D eigenvalue weighted by molar-refractivity contribution is 0.0934. The first-order valence-electron chi connectivity index (χ1n) is 9.44. The molecule has 5 nitrogen and oxygen atoms in total. The molecular formula is C22H18F2N2O3S2. The van der Waals surface area contributed by atoms with E-state index < -0.39 is 21.7 Å². The van der Waals surface area contributed by atoms with Crippen LogP contribution in [0.4, 0.5) is 14.5 Å². The van der Waals surface area contributed by atoms with Gasteiger partial charge < -0.3 is 5.32 Å². The van der Waals surface area contributed by atoms with Crippen molar-refractivity contribution in [2.75, 3.05) is 10.5 Å². The Labute approximate surface area is 182 Å². The normalized spacial score (nSPS) is 15.7. The molecule has 1 amide bonds. The Balaban J connectivity index is 1.49. The number of rotatable bonds is 5. The Bertz CT molecular complexity index is 1230. The number of hydrogen-bond donors (Lipinski definition) is 2. The summed E-state index contributed by atoms with van der Waals surface area (Å²) in [7, 11) is -4.02. The van der Waals surface area contributed by atoms with Crippen molar-refractivity contribution in [3.63, 3.8) is 0 Å². The number of para-hydroxylation sites is 1. The number of sulfonamides is 1. The summed E-state index contributed by atoms with van der Waals surface area (Å²) in [6.07, 6.45) is 0.659. The molecule has 0 fully saturated rings. The molecule has 0 aliphatic carbocycles.